The van der Waals surface area contributed by atoms with Gasteiger partial charge in [-0.2, -0.15) is 0 Å². The number of aryl methyl sites for hydroxylation is 1. The van der Waals surface area contributed by atoms with Crippen LogP contribution in [0.5, 0.6) is 0 Å². The lowest BCUT2D eigenvalue weighted by atomic mass is 10.2. The zero-order valence-corrected chi connectivity index (χ0v) is 11.3. The minimum Gasteiger partial charge on any atom is -0.476 e. The fourth-order valence-corrected chi connectivity index (χ4v) is 1.45. The maximum absolute atomic E-state index is 11.5. The summed E-state index contributed by atoms with van der Waals surface area (Å²) in [6, 6.07) is 0. The predicted molar refractivity (Wildman–Crippen MR) is 71.1 cm³/mol. The summed E-state index contributed by atoms with van der Waals surface area (Å²) in [4.78, 5) is 22.1. The summed E-state index contributed by atoms with van der Waals surface area (Å²) in [5, 5.41) is 15.9. The number of carboxylic acids is 1. The van der Waals surface area contributed by atoms with Crippen molar-refractivity contribution in [3.63, 3.8) is 0 Å². The smallest absolute Gasteiger partial charge is 0.358 e. The van der Waals surface area contributed by atoms with Gasteiger partial charge in [0, 0.05) is 6.54 Å². The van der Waals surface area contributed by atoms with Crippen LogP contribution in [0, 0.1) is 0 Å². The first-order valence-electron chi connectivity index (χ1n) is 6.17. The van der Waals surface area contributed by atoms with Crippen LogP contribution >= 0.6 is 0 Å². The number of ether oxygens (including phenoxy) is 1. The molecule has 0 aliphatic rings. The fraction of sp³-hybridized carbons (Fsp3) is 0.385. The number of hydrogen-bond acceptors (Lipinski definition) is 5. The second-order valence-corrected chi connectivity index (χ2v) is 3.96. The van der Waals surface area contributed by atoms with Crippen molar-refractivity contribution >= 4 is 11.9 Å². The van der Waals surface area contributed by atoms with Crippen LogP contribution in [0.1, 0.15) is 30.3 Å². The topological polar surface area (TPSA) is 94.3 Å². The summed E-state index contributed by atoms with van der Waals surface area (Å²) in [6.07, 6.45) is 5.81. The van der Waals surface area contributed by atoms with E-state index in [1.807, 2.05) is 0 Å². The first-order valence-corrected chi connectivity index (χ1v) is 6.17. The average molecular weight is 279 g/mol. The summed E-state index contributed by atoms with van der Waals surface area (Å²) in [5.74, 6) is -1.50. The van der Waals surface area contributed by atoms with E-state index in [1.165, 1.54) is 17.0 Å². The van der Waals surface area contributed by atoms with E-state index in [0.29, 0.717) is 31.6 Å². The summed E-state index contributed by atoms with van der Waals surface area (Å²) in [7, 11) is 0. The quantitative estimate of drug-likeness (QED) is 0.335. The van der Waals surface area contributed by atoms with Gasteiger partial charge in [-0.25, -0.2) is 9.59 Å². The van der Waals surface area contributed by atoms with Crippen LogP contribution in [0.2, 0.25) is 0 Å². The molecule has 0 aliphatic carbocycles. The van der Waals surface area contributed by atoms with E-state index in [-0.39, 0.29) is 5.69 Å². The molecule has 1 rings (SSSR count). The standard InChI is InChI=1S/C13H17N3O4/c1-3-10(4-2)13(19)20-8-6-5-7-16-9-11(12(17)18)14-15-16/h3-4,9H,1,5-8H2,2H3,(H,17,18)/b10-4+. The zero-order chi connectivity index (χ0) is 15.0. The molecule has 0 unspecified atom stereocenters. The molecule has 0 saturated carbocycles. The van der Waals surface area contributed by atoms with Crippen molar-refractivity contribution < 1.29 is 19.4 Å². The van der Waals surface area contributed by atoms with Crippen molar-refractivity contribution in [2.75, 3.05) is 6.61 Å². The third-order valence-corrected chi connectivity index (χ3v) is 2.54. The van der Waals surface area contributed by atoms with Crippen molar-refractivity contribution in [1.29, 1.82) is 0 Å². The van der Waals surface area contributed by atoms with E-state index < -0.39 is 11.9 Å². The van der Waals surface area contributed by atoms with E-state index in [9.17, 15) is 9.59 Å². The number of hydrogen-bond donors (Lipinski definition) is 1. The lowest BCUT2D eigenvalue weighted by Crippen LogP contribution is -2.08. The number of carboxylic acid groups (broad SMARTS) is 1. The predicted octanol–water partition coefficient (Wildman–Crippen LogP) is 1.43. The van der Waals surface area contributed by atoms with Crippen molar-refractivity contribution in [1.82, 2.24) is 15.0 Å². The highest BCUT2D eigenvalue weighted by molar-refractivity contribution is 5.91. The number of esters is 1. The third-order valence-electron chi connectivity index (χ3n) is 2.54. The van der Waals surface area contributed by atoms with Gasteiger partial charge in [0.05, 0.1) is 18.4 Å². The van der Waals surface area contributed by atoms with Gasteiger partial charge in [-0.05, 0) is 19.8 Å². The number of nitrogens with zero attached hydrogens (tertiary/aromatic N) is 3. The number of aromatic carboxylic acids is 1. The lowest BCUT2D eigenvalue weighted by Gasteiger charge is -2.04. The van der Waals surface area contributed by atoms with E-state index in [1.54, 1.807) is 13.0 Å². The monoisotopic (exact) mass is 279 g/mol. The van der Waals surface area contributed by atoms with Crippen LogP contribution in [-0.4, -0.2) is 38.6 Å². The molecule has 7 heteroatoms. The molecule has 0 aliphatic heterocycles. The van der Waals surface area contributed by atoms with E-state index >= 15 is 0 Å². The number of aromatic nitrogens is 3. The van der Waals surface area contributed by atoms with Gasteiger partial charge in [-0.15, -0.1) is 5.10 Å². The van der Waals surface area contributed by atoms with Gasteiger partial charge in [0.15, 0.2) is 5.69 Å². The van der Waals surface area contributed by atoms with Gasteiger partial charge in [0.2, 0.25) is 0 Å². The summed E-state index contributed by atoms with van der Waals surface area (Å²) < 4.78 is 6.50. The molecule has 1 N–H and O–H groups in total. The Morgan fingerprint density at radius 1 is 1.50 bits per heavy atom. The van der Waals surface area contributed by atoms with E-state index in [0.717, 1.165) is 0 Å². The SMILES string of the molecule is C=C/C(=C\C)C(=O)OCCCCn1cc(C(=O)O)nn1. The third kappa shape index (κ3) is 4.68. The van der Waals surface area contributed by atoms with Crippen LogP contribution in [0.4, 0.5) is 0 Å². The Morgan fingerprint density at radius 2 is 2.25 bits per heavy atom. The molecule has 1 aromatic rings. The number of carbonyl (C=O) groups excluding carboxylic acids is 1. The molecule has 0 aromatic carbocycles. The molecule has 0 atom stereocenters. The minimum atomic E-state index is -1.10. The number of allylic oxidation sites excluding steroid dienone is 1. The Hall–Kier alpha value is -2.44. The Morgan fingerprint density at radius 3 is 2.80 bits per heavy atom. The number of rotatable bonds is 8. The van der Waals surface area contributed by atoms with Gasteiger partial charge >= 0.3 is 11.9 Å². The summed E-state index contributed by atoms with van der Waals surface area (Å²) in [6.45, 7) is 6.08. The van der Waals surface area contributed by atoms with Crippen molar-refractivity contribution in [2.24, 2.45) is 0 Å². The summed E-state index contributed by atoms with van der Waals surface area (Å²) in [5.41, 5.74) is 0.354. The van der Waals surface area contributed by atoms with Gasteiger partial charge in [0.25, 0.3) is 0 Å². The fourth-order valence-electron chi connectivity index (χ4n) is 1.45. The Labute approximate surface area is 116 Å². The van der Waals surface area contributed by atoms with E-state index in [4.69, 9.17) is 9.84 Å². The second kappa shape index (κ2) is 7.88. The first kappa shape index (κ1) is 15.6. The highest BCUT2D eigenvalue weighted by Crippen LogP contribution is 2.02. The molecular weight excluding hydrogens is 262 g/mol. The van der Waals surface area contributed by atoms with Gasteiger partial charge < -0.3 is 9.84 Å². The number of unbranched alkanes of at least 4 members (excludes halogenated alkanes) is 1. The van der Waals surface area contributed by atoms with E-state index in [2.05, 4.69) is 16.9 Å². The molecule has 20 heavy (non-hydrogen) atoms. The van der Waals surface area contributed by atoms with Crippen LogP contribution < -0.4 is 0 Å². The zero-order valence-electron chi connectivity index (χ0n) is 11.3. The normalized spacial score (nSPS) is 11.2. The highest BCUT2D eigenvalue weighted by atomic mass is 16.5. The Balaban J connectivity index is 2.23. The molecule has 1 heterocycles. The molecule has 1 aromatic heterocycles. The first-order chi connectivity index (χ1) is 9.58. The molecular formula is C13H17N3O4. The van der Waals surface area contributed by atoms with Gasteiger partial charge in [-0.1, -0.05) is 23.9 Å². The summed E-state index contributed by atoms with van der Waals surface area (Å²) >= 11 is 0. The molecule has 0 amide bonds. The van der Waals surface area contributed by atoms with Crippen molar-refractivity contribution in [2.45, 2.75) is 26.3 Å². The minimum absolute atomic E-state index is 0.0832. The van der Waals surface area contributed by atoms with Gasteiger partial charge in [0.1, 0.15) is 0 Å². The van der Waals surface area contributed by atoms with Gasteiger partial charge in [-0.3, -0.25) is 4.68 Å². The van der Waals surface area contributed by atoms with Crippen molar-refractivity contribution in [3.05, 3.63) is 36.2 Å². The molecule has 0 saturated heterocycles. The van der Waals surface area contributed by atoms with Crippen molar-refractivity contribution in [3.8, 4) is 0 Å². The highest BCUT2D eigenvalue weighted by Gasteiger charge is 2.08. The van der Waals surface area contributed by atoms with Crippen LogP contribution in [0.25, 0.3) is 0 Å². The molecule has 0 fully saturated rings. The lowest BCUT2D eigenvalue weighted by molar-refractivity contribution is -0.138. The molecule has 108 valence electrons. The number of carbonyl (C=O) groups is 2. The largest absolute Gasteiger partial charge is 0.476 e. The average Bonchev–Trinajstić information content (AvgIpc) is 2.89. The Bertz CT molecular complexity index is 519. The Kier molecular flexibility index (Phi) is 6.15. The maximum Gasteiger partial charge on any atom is 0.358 e. The molecule has 0 radical (unpaired) electrons. The molecule has 0 bridgehead atoms. The van der Waals surface area contributed by atoms with Crippen LogP contribution in [-0.2, 0) is 16.1 Å². The van der Waals surface area contributed by atoms with Crippen LogP contribution in [0.15, 0.2) is 30.5 Å². The molecule has 7 nitrogen and oxygen atoms in total. The second-order valence-electron chi connectivity index (χ2n) is 3.96. The maximum atomic E-state index is 11.5. The van der Waals surface area contributed by atoms with Crippen LogP contribution in [0.3, 0.4) is 0 Å². The molecule has 0 spiro atoms.